The lowest BCUT2D eigenvalue weighted by Gasteiger charge is -2.22. The van der Waals surface area contributed by atoms with E-state index >= 15 is 0 Å². The van der Waals surface area contributed by atoms with Gasteiger partial charge in [-0.3, -0.25) is 4.79 Å². The Balaban J connectivity index is 2.08. The van der Waals surface area contributed by atoms with Crippen LogP contribution in [0.5, 0.6) is 5.75 Å². The lowest BCUT2D eigenvalue weighted by molar-refractivity contribution is 0.102. The van der Waals surface area contributed by atoms with Gasteiger partial charge in [-0.05, 0) is 51.0 Å². The van der Waals surface area contributed by atoms with Crippen LogP contribution in [0.15, 0.2) is 36.7 Å². The second-order valence-corrected chi connectivity index (χ2v) is 6.39. The molecule has 0 radical (unpaired) electrons. The second kappa shape index (κ2) is 9.75. The predicted octanol–water partition coefficient (Wildman–Crippen LogP) is 4.14. The van der Waals surface area contributed by atoms with Crippen molar-refractivity contribution in [2.45, 2.75) is 46.6 Å². The number of rotatable bonds is 9. The van der Waals surface area contributed by atoms with Gasteiger partial charge >= 0.3 is 0 Å². The van der Waals surface area contributed by atoms with E-state index in [2.05, 4.69) is 34.0 Å². The maximum absolute atomic E-state index is 12.5. The molecule has 2 aromatic rings. The molecule has 1 heterocycles. The Bertz CT molecular complexity index is 695. The van der Waals surface area contributed by atoms with Crippen LogP contribution in [0.4, 0.5) is 11.5 Å². The monoisotopic (exact) mass is 356 g/mol. The van der Waals surface area contributed by atoms with Crippen LogP contribution in [0.2, 0.25) is 0 Å². The minimum Gasteiger partial charge on any atom is -0.491 e. The molecule has 0 bridgehead atoms. The highest BCUT2D eigenvalue weighted by Crippen LogP contribution is 2.18. The van der Waals surface area contributed by atoms with Crippen molar-refractivity contribution >= 4 is 17.4 Å². The van der Waals surface area contributed by atoms with Crippen LogP contribution in [-0.2, 0) is 0 Å². The SMILES string of the molecule is CCCN(CCC)c1cc(C(=O)Nc2ccc(OC(C)C)cc2)ncn1. The minimum absolute atomic E-state index is 0.115. The van der Waals surface area contributed by atoms with Gasteiger partial charge in [-0.25, -0.2) is 9.97 Å². The molecule has 2 rings (SSSR count). The summed E-state index contributed by atoms with van der Waals surface area (Å²) >= 11 is 0. The summed E-state index contributed by atoms with van der Waals surface area (Å²) in [6.45, 7) is 10.0. The van der Waals surface area contributed by atoms with Gasteiger partial charge in [0.05, 0.1) is 6.10 Å². The Hall–Kier alpha value is -2.63. The molecular formula is C20H28N4O2. The molecule has 1 N–H and O–H groups in total. The highest BCUT2D eigenvalue weighted by Gasteiger charge is 2.13. The first-order chi connectivity index (χ1) is 12.5. The summed E-state index contributed by atoms with van der Waals surface area (Å²) in [5.74, 6) is 1.31. The molecule has 0 spiro atoms. The van der Waals surface area contributed by atoms with Crippen molar-refractivity contribution in [3.8, 4) is 5.75 Å². The number of ether oxygens (including phenoxy) is 1. The summed E-state index contributed by atoms with van der Waals surface area (Å²) in [5, 5.41) is 2.87. The van der Waals surface area contributed by atoms with E-state index < -0.39 is 0 Å². The fourth-order valence-corrected chi connectivity index (χ4v) is 2.61. The fourth-order valence-electron chi connectivity index (χ4n) is 2.61. The Morgan fingerprint density at radius 1 is 1.12 bits per heavy atom. The molecule has 0 aliphatic carbocycles. The van der Waals surface area contributed by atoms with Gasteiger partial charge in [0.1, 0.15) is 23.6 Å². The molecule has 0 aliphatic rings. The summed E-state index contributed by atoms with van der Waals surface area (Å²) in [5.41, 5.74) is 1.06. The number of nitrogens with one attached hydrogen (secondary N) is 1. The van der Waals surface area contributed by atoms with E-state index in [1.807, 2.05) is 38.1 Å². The van der Waals surface area contributed by atoms with Gasteiger partial charge in [-0.1, -0.05) is 13.8 Å². The summed E-state index contributed by atoms with van der Waals surface area (Å²) < 4.78 is 5.61. The number of hydrogen-bond acceptors (Lipinski definition) is 5. The third kappa shape index (κ3) is 5.72. The Kier molecular flexibility index (Phi) is 7.38. The van der Waals surface area contributed by atoms with Crippen LogP contribution >= 0.6 is 0 Å². The summed E-state index contributed by atoms with van der Waals surface area (Å²) in [6.07, 6.45) is 3.61. The van der Waals surface area contributed by atoms with Crippen molar-refractivity contribution in [2.75, 3.05) is 23.3 Å². The molecule has 0 aliphatic heterocycles. The third-order valence-electron chi connectivity index (χ3n) is 3.68. The average molecular weight is 356 g/mol. The number of hydrogen-bond donors (Lipinski definition) is 1. The molecule has 6 heteroatoms. The first-order valence-electron chi connectivity index (χ1n) is 9.18. The fraction of sp³-hybridized carbons (Fsp3) is 0.450. The zero-order valence-corrected chi connectivity index (χ0v) is 16.0. The number of benzene rings is 1. The molecule has 26 heavy (non-hydrogen) atoms. The van der Waals surface area contributed by atoms with Gasteiger partial charge in [-0.2, -0.15) is 0 Å². The van der Waals surface area contributed by atoms with Crippen molar-refractivity contribution in [3.63, 3.8) is 0 Å². The van der Waals surface area contributed by atoms with E-state index in [9.17, 15) is 4.79 Å². The summed E-state index contributed by atoms with van der Waals surface area (Å²) in [7, 11) is 0. The quantitative estimate of drug-likeness (QED) is 0.731. The van der Waals surface area contributed by atoms with Gasteiger partial charge < -0.3 is 15.0 Å². The molecule has 1 aromatic carbocycles. The molecule has 0 unspecified atom stereocenters. The second-order valence-electron chi connectivity index (χ2n) is 6.39. The van der Waals surface area contributed by atoms with Crippen molar-refractivity contribution in [1.82, 2.24) is 9.97 Å². The maximum atomic E-state index is 12.5. The molecule has 0 saturated heterocycles. The standard InChI is InChI=1S/C20H28N4O2/c1-5-11-24(12-6-2)19-13-18(21-14-22-19)20(25)23-16-7-9-17(10-8-16)26-15(3)4/h7-10,13-15H,5-6,11-12H2,1-4H3,(H,23,25). The molecule has 0 saturated carbocycles. The highest BCUT2D eigenvalue weighted by atomic mass is 16.5. The van der Waals surface area contributed by atoms with E-state index in [1.165, 1.54) is 6.33 Å². The van der Waals surface area contributed by atoms with Crippen LogP contribution in [0.25, 0.3) is 0 Å². The highest BCUT2D eigenvalue weighted by molar-refractivity contribution is 6.03. The lowest BCUT2D eigenvalue weighted by Crippen LogP contribution is -2.26. The Morgan fingerprint density at radius 3 is 2.35 bits per heavy atom. The average Bonchev–Trinajstić information content (AvgIpc) is 2.63. The largest absolute Gasteiger partial charge is 0.491 e. The molecule has 140 valence electrons. The van der Waals surface area contributed by atoms with E-state index in [0.29, 0.717) is 11.4 Å². The number of anilines is 2. The van der Waals surface area contributed by atoms with Gasteiger partial charge in [0.15, 0.2) is 0 Å². The lowest BCUT2D eigenvalue weighted by atomic mass is 10.2. The van der Waals surface area contributed by atoms with E-state index in [0.717, 1.165) is 37.5 Å². The normalized spacial score (nSPS) is 10.7. The number of amides is 1. The van der Waals surface area contributed by atoms with Crippen molar-refractivity contribution in [3.05, 3.63) is 42.4 Å². The number of nitrogens with zero attached hydrogens (tertiary/aromatic N) is 3. The van der Waals surface area contributed by atoms with Crippen LogP contribution in [0.1, 0.15) is 51.0 Å². The van der Waals surface area contributed by atoms with Crippen LogP contribution < -0.4 is 15.0 Å². The molecule has 0 fully saturated rings. The molecular weight excluding hydrogens is 328 g/mol. The van der Waals surface area contributed by atoms with E-state index in [1.54, 1.807) is 6.07 Å². The van der Waals surface area contributed by atoms with Gasteiger partial charge in [0.25, 0.3) is 5.91 Å². The number of aromatic nitrogens is 2. The smallest absolute Gasteiger partial charge is 0.274 e. The first kappa shape index (κ1) is 19.7. The zero-order chi connectivity index (χ0) is 18.9. The molecule has 0 atom stereocenters. The van der Waals surface area contributed by atoms with Crippen LogP contribution in [0.3, 0.4) is 0 Å². The van der Waals surface area contributed by atoms with Gasteiger partial charge in [0, 0.05) is 24.8 Å². The van der Waals surface area contributed by atoms with Crippen molar-refractivity contribution in [2.24, 2.45) is 0 Å². The molecule has 6 nitrogen and oxygen atoms in total. The Labute approximate surface area is 155 Å². The van der Waals surface area contributed by atoms with Crippen LogP contribution in [-0.4, -0.2) is 35.1 Å². The first-order valence-corrected chi connectivity index (χ1v) is 9.18. The Morgan fingerprint density at radius 2 is 1.77 bits per heavy atom. The minimum atomic E-state index is -0.251. The van der Waals surface area contributed by atoms with Crippen LogP contribution in [0, 0.1) is 0 Å². The molecule has 1 aromatic heterocycles. The van der Waals surface area contributed by atoms with Gasteiger partial charge in [0.2, 0.25) is 0 Å². The predicted molar refractivity (Wildman–Crippen MR) is 105 cm³/mol. The van der Waals surface area contributed by atoms with E-state index in [4.69, 9.17) is 4.74 Å². The topological polar surface area (TPSA) is 67.4 Å². The maximum Gasteiger partial charge on any atom is 0.274 e. The van der Waals surface area contributed by atoms with Crippen molar-refractivity contribution in [1.29, 1.82) is 0 Å². The van der Waals surface area contributed by atoms with Crippen molar-refractivity contribution < 1.29 is 9.53 Å². The number of carbonyl (C=O) groups excluding carboxylic acids is 1. The summed E-state index contributed by atoms with van der Waals surface area (Å²) in [6, 6.07) is 9.06. The number of carbonyl (C=O) groups is 1. The molecule has 1 amide bonds. The summed E-state index contributed by atoms with van der Waals surface area (Å²) in [4.78, 5) is 23.1. The van der Waals surface area contributed by atoms with E-state index in [-0.39, 0.29) is 12.0 Å². The van der Waals surface area contributed by atoms with Gasteiger partial charge in [-0.15, -0.1) is 0 Å². The third-order valence-corrected chi connectivity index (χ3v) is 3.68. The zero-order valence-electron chi connectivity index (χ0n) is 16.0.